The van der Waals surface area contributed by atoms with Crippen molar-refractivity contribution in [3.05, 3.63) is 66.0 Å². The maximum absolute atomic E-state index is 12.0. The molecule has 0 radical (unpaired) electrons. The Morgan fingerprint density at radius 3 is 2.61 bits per heavy atom. The van der Waals surface area contributed by atoms with E-state index in [9.17, 15) is 4.79 Å². The normalized spacial score (nSPS) is 10.5. The molecular formula is C20H21N5O2S. The van der Waals surface area contributed by atoms with Crippen LogP contribution in [0.5, 0.6) is 0 Å². The van der Waals surface area contributed by atoms with Crippen molar-refractivity contribution in [3.8, 4) is 0 Å². The van der Waals surface area contributed by atoms with Crippen molar-refractivity contribution in [2.24, 2.45) is 0 Å². The largest absolute Gasteiger partial charge is 0.457 e. The van der Waals surface area contributed by atoms with Crippen molar-refractivity contribution in [2.45, 2.75) is 24.8 Å². The predicted molar refractivity (Wildman–Crippen MR) is 110 cm³/mol. The number of carbonyl (C=O) groups is 1. The molecule has 0 saturated heterocycles. The Kier molecular flexibility index (Phi) is 6.80. The van der Waals surface area contributed by atoms with Crippen molar-refractivity contribution in [1.29, 1.82) is 0 Å². The molecule has 0 aliphatic carbocycles. The molecule has 0 spiro atoms. The van der Waals surface area contributed by atoms with Crippen molar-refractivity contribution in [3.63, 3.8) is 0 Å². The number of aromatic nitrogens is 3. The summed E-state index contributed by atoms with van der Waals surface area (Å²) < 4.78 is 5.26. The number of nitrogens with one attached hydrogen (secondary N) is 1. The second-order valence-electron chi connectivity index (χ2n) is 5.83. The number of thioether (sulfide) groups is 1. The van der Waals surface area contributed by atoms with Gasteiger partial charge in [0.15, 0.2) is 12.4 Å². The Balaban J connectivity index is 1.59. The summed E-state index contributed by atoms with van der Waals surface area (Å²) >= 11 is 1.41. The van der Waals surface area contributed by atoms with Gasteiger partial charge in [0.2, 0.25) is 11.9 Å². The predicted octanol–water partition coefficient (Wildman–Crippen LogP) is 3.60. The molecule has 0 atom stereocenters. The maximum Gasteiger partial charge on any atom is 0.316 e. The molecule has 0 fully saturated rings. The number of rotatable bonds is 8. The first-order valence-electron chi connectivity index (χ1n) is 8.83. The summed E-state index contributed by atoms with van der Waals surface area (Å²) in [7, 11) is 0. The van der Waals surface area contributed by atoms with E-state index in [1.165, 1.54) is 11.8 Å². The molecule has 3 rings (SSSR count). The highest BCUT2D eigenvalue weighted by molar-refractivity contribution is 8.00. The van der Waals surface area contributed by atoms with Gasteiger partial charge < -0.3 is 15.8 Å². The van der Waals surface area contributed by atoms with Crippen molar-refractivity contribution >= 4 is 35.3 Å². The van der Waals surface area contributed by atoms with Crippen LogP contribution in [0.15, 0.2) is 59.5 Å². The number of nitrogens with zero attached hydrogens (tertiary/aromatic N) is 3. The summed E-state index contributed by atoms with van der Waals surface area (Å²) in [6.07, 6.45) is 0.868. The molecule has 7 nitrogen and oxygen atoms in total. The fraction of sp³-hybridized carbons (Fsp3) is 0.200. The van der Waals surface area contributed by atoms with Crippen molar-refractivity contribution in [1.82, 2.24) is 15.0 Å². The van der Waals surface area contributed by atoms with E-state index in [-0.39, 0.29) is 24.3 Å². The topological polar surface area (TPSA) is 103 Å². The van der Waals surface area contributed by atoms with Gasteiger partial charge in [-0.2, -0.15) is 15.0 Å². The molecule has 0 amide bonds. The number of esters is 1. The molecule has 0 saturated carbocycles. The van der Waals surface area contributed by atoms with E-state index in [4.69, 9.17) is 10.5 Å². The van der Waals surface area contributed by atoms with Crippen LogP contribution in [0, 0.1) is 0 Å². The highest BCUT2D eigenvalue weighted by atomic mass is 32.2. The van der Waals surface area contributed by atoms with Crippen LogP contribution in [0.25, 0.3) is 0 Å². The van der Waals surface area contributed by atoms with Gasteiger partial charge in [-0.1, -0.05) is 43.3 Å². The summed E-state index contributed by atoms with van der Waals surface area (Å²) in [5, 5.41) is 3.15. The number of anilines is 3. The SMILES string of the molecule is CCc1ccccc1Nc1nc(N)nc(COC(=O)CSc2ccccc2)n1. The number of hydrogen-bond acceptors (Lipinski definition) is 8. The van der Waals surface area contributed by atoms with Crippen LogP contribution in [0.3, 0.4) is 0 Å². The number of nitrogens with two attached hydrogens (primary N) is 1. The quantitative estimate of drug-likeness (QED) is 0.440. The monoisotopic (exact) mass is 395 g/mol. The third-order valence-corrected chi connectivity index (χ3v) is 4.79. The minimum Gasteiger partial charge on any atom is -0.457 e. The summed E-state index contributed by atoms with van der Waals surface area (Å²) in [5.74, 6) is 0.537. The molecular weight excluding hydrogens is 374 g/mol. The van der Waals surface area contributed by atoms with E-state index in [1.807, 2.05) is 54.6 Å². The summed E-state index contributed by atoms with van der Waals surface area (Å²) in [4.78, 5) is 25.4. The fourth-order valence-electron chi connectivity index (χ4n) is 2.48. The lowest BCUT2D eigenvalue weighted by Crippen LogP contribution is -2.12. The Hall–Kier alpha value is -3.13. The summed E-state index contributed by atoms with van der Waals surface area (Å²) in [6, 6.07) is 17.5. The number of ether oxygens (including phenoxy) is 1. The lowest BCUT2D eigenvalue weighted by Gasteiger charge is -2.11. The number of nitrogen functional groups attached to an aromatic ring is 1. The van der Waals surface area contributed by atoms with Gasteiger partial charge in [-0.05, 0) is 30.2 Å². The number of carbonyl (C=O) groups excluding carboxylic acids is 1. The minimum absolute atomic E-state index is 0.0645. The average Bonchev–Trinajstić information content (AvgIpc) is 2.71. The van der Waals surface area contributed by atoms with Gasteiger partial charge in [-0.15, -0.1) is 11.8 Å². The molecule has 3 aromatic rings. The molecule has 144 valence electrons. The highest BCUT2D eigenvalue weighted by Crippen LogP contribution is 2.20. The first-order valence-corrected chi connectivity index (χ1v) is 9.81. The summed E-state index contributed by atoms with van der Waals surface area (Å²) in [6.45, 7) is 2.01. The van der Waals surface area contributed by atoms with Crippen LogP contribution in [0.4, 0.5) is 17.6 Å². The highest BCUT2D eigenvalue weighted by Gasteiger charge is 2.10. The van der Waals surface area contributed by atoms with E-state index >= 15 is 0 Å². The molecule has 1 heterocycles. The zero-order chi connectivity index (χ0) is 19.8. The third-order valence-electron chi connectivity index (χ3n) is 3.81. The second kappa shape index (κ2) is 9.70. The van der Waals surface area contributed by atoms with Crippen molar-refractivity contribution in [2.75, 3.05) is 16.8 Å². The van der Waals surface area contributed by atoms with Crippen LogP contribution in [0.2, 0.25) is 0 Å². The standard InChI is InChI=1S/C20H21N5O2S/c1-2-14-8-6-7-11-16(14)22-20-24-17(23-19(21)25-20)12-27-18(26)13-28-15-9-4-3-5-10-15/h3-11H,2,12-13H2,1H3,(H3,21,22,23,24,25). The molecule has 0 unspecified atom stereocenters. The van der Waals surface area contributed by atoms with E-state index in [0.717, 1.165) is 22.6 Å². The zero-order valence-electron chi connectivity index (χ0n) is 15.5. The second-order valence-corrected chi connectivity index (χ2v) is 6.88. The molecule has 0 aliphatic heterocycles. The maximum atomic E-state index is 12.0. The van der Waals surface area contributed by atoms with Gasteiger partial charge in [-0.25, -0.2) is 0 Å². The Labute approximate surface area is 167 Å². The third kappa shape index (κ3) is 5.68. The number of aryl methyl sites for hydroxylation is 1. The molecule has 1 aromatic heterocycles. The van der Waals surface area contributed by atoms with E-state index in [0.29, 0.717) is 11.8 Å². The number of para-hydroxylation sites is 1. The Bertz CT molecular complexity index is 937. The lowest BCUT2D eigenvalue weighted by atomic mass is 10.1. The first kappa shape index (κ1) is 19.6. The lowest BCUT2D eigenvalue weighted by molar-refractivity contribution is -0.141. The molecule has 8 heteroatoms. The molecule has 28 heavy (non-hydrogen) atoms. The van der Waals surface area contributed by atoms with E-state index < -0.39 is 0 Å². The molecule has 2 aromatic carbocycles. The van der Waals surface area contributed by atoms with Gasteiger partial charge in [0.05, 0.1) is 5.75 Å². The Morgan fingerprint density at radius 1 is 1.07 bits per heavy atom. The van der Waals surface area contributed by atoms with Gasteiger partial charge in [0.1, 0.15) is 0 Å². The zero-order valence-corrected chi connectivity index (χ0v) is 16.3. The van der Waals surface area contributed by atoms with Gasteiger partial charge >= 0.3 is 5.97 Å². The van der Waals surface area contributed by atoms with Crippen molar-refractivity contribution < 1.29 is 9.53 Å². The van der Waals surface area contributed by atoms with Crippen LogP contribution in [-0.4, -0.2) is 26.7 Å². The number of hydrogen-bond donors (Lipinski definition) is 2. The van der Waals surface area contributed by atoms with Crippen LogP contribution in [0.1, 0.15) is 18.3 Å². The van der Waals surface area contributed by atoms with Gasteiger partial charge in [0, 0.05) is 10.6 Å². The first-order chi connectivity index (χ1) is 13.6. The van der Waals surface area contributed by atoms with Crippen LogP contribution < -0.4 is 11.1 Å². The van der Waals surface area contributed by atoms with Gasteiger partial charge in [0.25, 0.3) is 0 Å². The fourth-order valence-corrected chi connectivity index (χ4v) is 3.19. The van der Waals surface area contributed by atoms with E-state index in [1.54, 1.807) is 0 Å². The van der Waals surface area contributed by atoms with Gasteiger partial charge in [-0.3, -0.25) is 4.79 Å². The molecule has 0 aliphatic rings. The summed E-state index contributed by atoms with van der Waals surface area (Å²) in [5.41, 5.74) is 7.81. The average molecular weight is 395 g/mol. The Morgan fingerprint density at radius 2 is 1.82 bits per heavy atom. The molecule has 3 N–H and O–H groups in total. The molecule has 0 bridgehead atoms. The number of benzene rings is 2. The smallest absolute Gasteiger partial charge is 0.316 e. The van der Waals surface area contributed by atoms with Crippen LogP contribution in [-0.2, 0) is 22.6 Å². The van der Waals surface area contributed by atoms with E-state index in [2.05, 4.69) is 27.2 Å². The minimum atomic E-state index is -0.348. The van der Waals surface area contributed by atoms with Crippen LogP contribution >= 0.6 is 11.8 Å².